The highest BCUT2D eigenvalue weighted by Gasteiger charge is 2.27. The molecule has 0 aliphatic carbocycles. The third-order valence-corrected chi connectivity index (χ3v) is 11.5. The Balaban J connectivity index is 1.50. The van der Waals surface area contributed by atoms with E-state index < -0.39 is 0 Å². The summed E-state index contributed by atoms with van der Waals surface area (Å²) in [5.41, 5.74) is 8.08. The summed E-state index contributed by atoms with van der Waals surface area (Å²) in [6.45, 7) is 13.8. The monoisotopic (exact) mass is 640 g/mol. The largest absolute Gasteiger partial charge is 0.0616 e. The minimum absolute atomic E-state index is 0.0779. The van der Waals surface area contributed by atoms with Gasteiger partial charge in [-0.05, 0) is 126 Å². The van der Waals surface area contributed by atoms with Crippen LogP contribution in [0.15, 0.2) is 133 Å². The van der Waals surface area contributed by atoms with Crippen molar-refractivity contribution in [1.29, 1.82) is 0 Å². The molecule has 0 heteroatoms. The van der Waals surface area contributed by atoms with E-state index in [1.807, 2.05) is 0 Å². The molecule has 0 fully saturated rings. The molecule has 0 unspecified atom stereocenters. The van der Waals surface area contributed by atoms with Crippen LogP contribution in [0.5, 0.6) is 0 Å². The number of hydrogen-bond acceptors (Lipinski definition) is 0. The molecule has 0 spiro atoms. The van der Waals surface area contributed by atoms with Crippen LogP contribution in [0.25, 0.3) is 97.7 Å². The van der Waals surface area contributed by atoms with Crippen molar-refractivity contribution in [3.05, 3.63) is 145 Å². The zero-order valence-corrected chi connectivity index (χ0v) is 29.7. The van der Waals surface area contributed by atoms with Gasteiger partial charge in [-0.25, -0.2) is 0 Å². The van der Waals surface area contributed by atoms with Gasteiger partial charge in [0.2, 0.25) is 0 Å². The van der Waals surface area contributed by atoms with E-state index in [9.17, 15) is 0 Å². The van der Waals surface area contributed by atoms with Crippen LogP contribution in [-0.2, 0) is 10.8 Å². The van der Waals surface area contributed by atoms with E-state index in [-0.39, 0.29) is 10.8 Å². The molecule has 10 rings (SSSR count). The minimum Gasteiger partial charge on any atom is -0.0616 e. The lowest BCUT2D eigenvalue weighted by Crippen LogP contribution is -2.10. The number of benzene rings is 8. The normalized spacial score (nSPS) is 13.0. The van der Waals surface area contributed by atoms with E-state index in [4.69, 9.17) is 0 Å². The highest BCUT2D eigenvalue weighted by Crippen LogP contribution is 2.54. The van der Waals surface area contributed by atoms with Crippen molar-refractivity contribution in [3.63, 3.8) is 0 Å². The average molecular weight is 641 g/mol. The molecule has 10 aromatic rings. The van der Waals surface area contributed by atoms with E-state index in [1.165, 1.54) is 109 Å². The summed E-state index contributed by atoms with van der Waals surface area (Å²) in [6.07, 6.45) is 0. The molecule has 0 atom stereocenters. The molecule has 0 heterocycles. The Morgan fingerprint density at radius 2 is 0.740 bits per heavy atom. The predicted octanol–water partition coefficient (Wildman–Crippen LogP) is 14.6. The minimum atomic E-state index is 0.0779. The third-order valence-electron chi connectivity index (χ3n) is 11.5. The second-order valence-electron chi connectivity index (χ2n) is 16.5. The second-order valence-corrected chi connectivity index (χ2v) is 16.5. The van der Waals surface area contributed by atoms with Crippen LogP contribution in [0.4, 0.5) is 0 Å². The maximum absolute atomic E-state index is 2.54. The van der Waals surface area contributed by atoms with Crippen LogP contribution < -0.4 is 0 Å². The Morgan fingerprint density at radius 1 is 0.300 bits per heavy atom. The van der Waals surface area contributed by atoms with Gasteiger partial charge < -0.3 is 0 Å². The Bertz CT molecular complexity index is 2940. The smallest absolute Gasteiger partial charge is 0.000719 e. The molecule has 0 nitrogen and oxygen atoms in total. The van der Waals surface area contributed by atoms with Crippen molar-refractivity contribution in [3.8, 4) is 22.3 Å². The van der Waals surface area contributed by atoms with Gasteiger partial charge in [-0.15, -0.1) is 0 Å². The lowest BCUT2D eigenvalue weighted by Gasteiger charge is -2.22. The first-order valence-corrected chi connectivity index (χ1v) is 18.0. The zero-order valence-electron chi connectivity index (χ0n) is 29.7. The van der Waals surface area contributed by atoms with Crippen LogP contribution in [-0.4, -0.2) is 0 Å². The zero-order chi connectivity index (χ0) is 34.1. The standard InChI is InChI=1S/C50H40/c1-49(2,3)32-24-20-30(21-25-32)43-41-28-40-35-15-8-7-14-34(35)36-16-11-19-39(45(36)40)46(41)44(31-22-26-33(27-23-31)50(4,5)6)48-38-18-10-13-29-12-9-17-37(42(29)38)47(43)48/h7-28H,1-6H3. The van der Waals surface area contributed by atoms with Crippen molar-refractivity contribution in [2.24, 2.45) is 0 Å². The highest BCUT2D eigenvalue weighted by molar-refractivity contribution is 6.44. The maximum Gasteiger partial charge on any atom is -0.000719 e. The lowest BCUT2D eigenvalue weighted by atomic mass is 9.81. The molecule has 0 radical (unpaired) electrons. The van der Waals surface area contributed by atoms with E-state index in [0.717, 1.165) is 0 Å². The summed E-state index contributed by atoms with van der Waals surface area (Å²) in [5, 5.41) is 18.8. The first-order valence-electron chi connectivity index (χ1n) is 18.0. The molecular formula is C50H40. The molecule has 0 aliphatic heterocycles. The highest BCUT2D eigenvalue weighted by atomic mass is 14.3. The first-order chi connectivity index (χ1) is 24.1. The van der Waals surface area contributed by atoms with Gasteiger partial charge in [-0.1, -0.05) is 169 Å². The third kappa shape index (κ3) is 4.00. The second kappa shape index (κ2) is 10.1. The molecule has 0 saturated heterocycles. The van der Waals surface area contributed by atoms with Gasteiger partial charge in [-0.2, -0.15) is 0 Å². The van der Waals surface area contributed by atoms with Gasteiger partial charge in [-0.3, -0.25) is 0 Å². The van der Waals surface area contributed by atoms with Gasteiger partial charge in [0.25, 0.3) is 0 Å². The molecule has 0 amide bonds. The molecule has 10 aromatic carbocycles. The maximum atomic E-state index is 2.54. The topological polar surface area (TPSA) is 0 Å². The van der Waals surface area contributed by atoms with Crippen LogP contribution in [0, 0.1) is 0 Å². The lowest BCUT2D eigenvalue weighted by molar-refractivity contribution is 0.590. The van der Waals surface area contributed by atoms with E-state index in [0.29, 0.717) is 0 Å². The summed E-state index contributed by atoms with van der Waals surface area (Å²) in [4.78, 5) is 0. The quantitative estimate of drug-likeness (QED) is 0.165. The van der Waals surface area contributed by atoms with Gasteiger partial charge in [0.05, 0.1) is 0 Å². The molecule has 0 N–H and O–H groups in total. The number of hydrogen-bond donors (Lipinski definition) is 0. The van der Waals surface area contributed by atoms with Gasteiger partial charge >= 0.3 is 0 Å². The van der Waals surface area contributed by atoms with Crippen LogP contribution in [0.3, 0.4) is 0 Å². The Kier molecular flexibility index (Phi) is 5.92. The van der Waals surface area contributed by atoms with Crippen molar-refractivity contribution in [2.45, 2.75) is 52.4 Å². The van der Waals surface area contributed by atoms with Crippen molar-refractivity contribution in [1.82, 2.24) is 0 Å². The summed E-state index contributed by atoms with van der Waals surface area (Å²) in [6, 6.07) is 51.2. The summed E-state index contributed by atoms with van der Waals surface area (Å²) < 4.78 is 0. The summed E-state index contributed by atoms with van der Waals surface area (Å²) in [7, 11) is 0. The molecule has 240 valence electrons. The van der Waals surface area contributed by atoms with E-state index in [1.54, 1.807) is 0 Å². The molecule has 0 bridgehead atoms. The fraction of sp³-hybridized carbons (Fsp3) is 0.160. The van der Waals surface area contributed by atoms with Crippen LogP contribution >= 0.6 is 0 Å². The van der Waals surface area contributed by atoms with E-state index >= 15 is 0 Å². The SMILES string of the molecule is CC(C)(C)c1ccc(-c2c3cc4c5ccccc5c5cccc(c3c(-c3ccc(C(C)(C)C)cc3)c3c6cccc7cccc(c23)c76)c54)cc1. The fourth-order valence-electron chi connectivity index (χ4n) is 9.01. The average Bonchev–Trinajstić information content (AvgIpc) is 3.62. The summed E-state index contributed by atoms with van der Waals surface area (Å²) in [5.74, 6) is 0. The molecule has 0 aliphatic rings. The Labute approximate surface area is 293 Å². The van der Waals surface area contributed by atoms with Crippen LogP contribution in [0.1, 0.15) is 52.7 Å². The fourth-order valence-corrected chi connectivity index (χ4v) is 9.01. The molecule has 50 heavy (non-hydrogen) atoms. The van der Waals surface area contributed by atoms with Crippen LogP contribution in [0.2, 0.25) is 0 Å². The molecule has 0 aromatic heterocycles. The predicted molar refractivity (Wildman–Crippen MR) is 220 cm³/mol. The molecular weight excluding hydrogens is 601 g/mol. The number of fused-ring (bicyclic) bond motifs is 8. The van der Waals surface area contributed by atoms with Crippen molar-refractivity contribution < 1.29 is 0 Å². The summed E-state index contributed by atoms with van der Waals surface area (Å²) >= 11 is 0. The Morgan fingerprint density at radius 3 is 1.30 bits per heavy atom. The molecule has 0 saturated carbocycles. The first kappa shape index (κ1) is 29.5. The van der Waals surface area contributed by atoms with Crippen molar-refractivity contribution in [2.75, 3.05) is 0 Å². The van der Waals surface area contributed by atoms with Gasteiger partial charge in [0.1, 0.15) is 0 Å². The van der Waals surface area contributed by atoms with Gasteiger partial charge in [0, 0.05) is 0 Å². The Hall–Kier alpha value is -5.46. The van der Waals surface area contributed by atoms with E-state index in [2.05, 4.69) is 175 Å². The number of rotatable bonds is 2. The van der Waals surface area contributed by atoms with Gasteiger partial charge in [0.15, 0.2) is 0 Å². The van der Waals surface area contributed by atoms with Crippen molar-refractivity contribution >= 4 is 75.4 Å².